The van der Waals surface area contributed by atoms with Gasteiger partial charge in [-0.2, -0.15) is 0 Å². The van der Waals surface area contributed by atoms with Crippen LogP contribution in [-0.4, -0.2) is 43.4 Å². The lowest BCUT2D eigenvalue weighted by Crippen LogP contribution is -2.37. The quantitative estimate of drug-likeness (QED) is 0.339. The summed E-state index contributed by atoms with van der Waals surface area (Å²) in [6, 6.07) is 0. The highest BCUT2D eigenvalue weighted by atomic mass is 16.6. The number of allylic oxidation sites excluding steroid dienone is 1. The van der Waals surface area contributed by atoms with Crippen LogP contribution in [-0.2, 0) is 28.6 Å². The molecule has 0 spiro atoms. The second-order valence-electron chi connectivity index (χ2n) is 8.04. The van der Waals surface area contributed by atoms with Crippen LogP contribution in [0.25, 0.3) is 0 Å². The zero-order valence-electron chi connectivity index (χ0n) is 17.8. The molecule has 1 aliphatic heterocycles. The van der Waals surface area contributed by atoms with Gasteiger partial charge in [0.15, 0.2) is 0 Å². The highest BCUT2D eigenvalue weighted by molar-refractivity contribution is 6.02. The Morgan fingerprint density at radius 1 is 1.16 bits per heavy atom. The molecule has 168 valence electrons. The van der Waals surface area contributed by atoms with Gasteiger partial charge >= 0.3 is 12.1 Å². The second kappa shape index (κ2) is 10.9. The number of carbonyl (C=O) groups excluding carboxylic acids is 4. The van der Waals surface area contributed by atoms with Gasteiger partial charge in [-0.25, -0.2) is 9.59 Å². The Labute approximate surface area is 181 Å². The van der Waals surface area contributed by atoms with E-state index < -0.39 is 18.2 Å². The van der Waals surface area contributed by atoms with E-state index in [1.54, 1.807) is 25.3 Å². The van der Waals surface area contributed by atoms with Gasteiger partial charge in [0.1, 0.15) is 29.1 Å². The molecule has 1 fully saturated rings. The van der Waals surface area contributed by atoms with Crippen LogP contribution in [0, 0.1) is 11.8 Å². The molecule has 0 aromatic heterocycles. The molecule has 0 aromatic carbocycles. The molecule has 31 heavy (non-hydrogen) atoms. The molecule has 1 amide bonds. The van der Waals surface area contributed by atoms with Crippen LogP contribution < -0.4 is 5.32 Å². The van der Waals surface area contributed by atoms with Crippen molar-refractivity contribution in [2.24, 2.45) is 11.8 Å². The normalized spacial score (nSPS) is 25.2. The summed E-state index contributed by atoms with van der Waals surface area (Å²) >= 11 is 0. The number of alkyl carbamates (subject to hydrolysis) is 1. The highest BCUT2D eigenvalue weighted by Gasteiger charge is 2.32. The van der Waals surface area contributed by atoms with Crippen LogP contribution in [0.15, 0.2) is 35.8 Å². The average Bonchev–Trinajstić information content (AvgIpc) is 2.74. The molecule has 1 heterocycles. The van der Waals surface area contributed by atoms with Gasteiger partial charge in [0, 0.05) is 18.3 Å². The first-order valence-corrected chi connectivity index (χ1v) is 10.8. The van der Waals surface area contributed by atoms with Crippen LogP contribution in [0.1, 0.15) is 51.4 Å². The Bertz CT molecular complexity index is 811. The average molecular weight is 431 g/mol. The third-order valence-electron chi connectivity index (χ3n) is 5.76. The van der Waals surface area contributed by atoms with Crippen molar-refractivity contribution in [3.63, 3.8) is 0 Å². The number of rotatable bonds is 9. The van der Waals surface area contributed by atoms with E-state index in [-0.39, 0.29) is 42.1 Å². The number of Topliss-reactive ketones (excluding diaryl/α,β-unsaturated/α-hetero) is 2. The molecule has 1 saturated carbocycles. The first-order valence-electron chi connectivity index (χ1n) is 10.8. The topological polar surface area (TPSA) is 108 Å². The van der Waals surface area contributed by atoms with E-state index in [0.717, 1.165) is 25.7 Å². The maximum Gasteiger partial charge on any atom is 0.411 e. The Hall–Kier alpha value is -2.90. The highest BCUT2D eigenvalue weighted by Crippen LogP contribution is 2.27. The molecule has 0 radical (unpaired) electrons. The fourth-order valence-electron chi connectivity index (χ4n) is 3.97. The van der Waals surface area contributed by atoms with Crippen LogP contribution in [0.3, 0.4) is 0 Å². The molecule has 0 bridgehead atoms. The molecular weight excluding hydrogens is 402 g/mol. The zero-order chi connectivity index (χ0) is 22.2. The lowest BCUT2D eigenvalue weighted by Gasteiger charge is -2.28. The third kappa shape index (κ3) is 6.54. The number of esters is 1. The lowest BCUT2D eigenvalue weighted by atomic mass is 9.84. The van der Waals surface area contributed by atoms with E-state index in [0.29, 0.717) is 25.0 Å². The number of nitrogens with one attached hydrogen (secondary N) is 1. The van der Waals surface area contributed by atoms with E-state index in [9.17, 15) is 19.2 Å². The van der Waals surface area contributed by atoms with Gasteiger partial charge in [-0.1, -0.05) is 25.3 Å². The summed E-state index contributed by atoms with van der Waals surface area (Å²) in [5, 5.41) is 2.45. The summed E-state index contributed by atoms with van der Waals surface area (Å²) in [6.45, 7) is 0.247. The molecule has 0 saturated heterocycles. The predicted octanol–water partition coefficient (Wildman–Crippen LogP) is 3.13. The van der Waals surface area contributed by atoms with Crippen LogP contribution in [0.4, 0.5) is 4.79 Å². The smallest absolute Gasteiger partial charge is 0.411 e. The number of amides is 1. The van der Waals surface area contributed by atoms with Crippen molar-refractivity contribution in [3.8, 4) is 0 Å². The number of hydrogen-bond acceptors (Lipinski definition) is 7. The minimum atomic E-state index is -0.688. The number of ether oxygens (including phenoxy) is 3. The summed E-state index contributed by atoms with van der Waals surface area (Å²) in [5.74, 6) is 0.00962. The van der Waals surface area contributed by atoms with Crippen molar-refractivity contribution in [2.45, 2.75) is 57.5 Å². The maximum absolute atomic E-state index is 12.1. The number of unbranched alkanes of at least 4 members (excludes halogenated alkanes) is 3. The van der Waals surface area contributed by atoms with Crippen molar-refractivity contribution < 1.29 is 33.4 Å². The first kappa shape index (κ1) is 22.8. The van der Waals surface area contributed by atoms with Crippen molar-refractivity contribution in [3.05, 3.63) is 35.8 Å². The number of methoxy groups -OCH3 is 1. The van der Waals surface area contributed by atoms with Gasteiger partial charge in [0.05, 0.1) is 20.1 Å². The minimum absolute atomic E-state index is 0.0263. The summed E-state index contributed by atoms with van der Waals surface area (Å²) in [4.78, 5) is 47.1. The van der Waals surface area contributed by atoms with E-state index >= 15 is 0 Å². The van der Waals surface area contributed by atoms with Crippen molar-refractivity contribution in [1.29, 1.82) is 0 Å². The molecule has 3 rings (SSSR count). The second-order valence-corrected chi connectivity index (χ2v) is 8.04. The predicted molar refractivity (Wildman–Crippen MR) is 111 cm³/mol. The Morgan fingerprint density at radius 3 is 2.74 bits per heavy atom. The first-order chi connectivity index (χ1) is 15.0. The Balaban J connectivity index is 1.29. The lowest BCUT2D eigenvalue weighted by molar-refractivity contribution is -0.145. The van der Waals surface area contributed by atoms with Gasteiger partial charge in [0.25, 0.3) is 0 Å². The van der Waals surface area contributed by atoms with E-state index in [2.05, 4.69) is 5.32 Å². The number of fused-ring (bicyclic) bond motifs is 1. The van der Waals surface area contributed by atoms with Crippen molar-refractivity contribution >= 4 is 23.6 Å². The van der Waals surface area contributed by atoms with E-state index in [4.69, 9.17) is 14.2 Å². The zero-order valence-corrected chi connectivity index (χ0v) is 17.8. The molecular formula is C23H29NO7. The Kier molecular flexibility index (Phi) is 8.03. The van der Waals surface area contributed by atoms with Gasteiger partial charge in [-0.05, 0) is 37.5 Å². The van der Waals surface area contributed by atoms with Crippen LogP contribution >= 0.6 is 0 Å². The molecule has 3 atom stereocenters. The molecule has 2 aliphatic carbocycles. The molecule has 3 unspecified atom stereocenters. The summed E-state index contributed by atoms with van der Waals surface area (Å²) in [5.41, 5.74) is 0.0702. The minimum Gasteiger partial charge on any atom is -0.497 e. The maximum atomic E-state index is 12.1. The van der Waals surface area contributed by atoms with Crippen LogP contribution in [0.2, 0.25) is 0 Å². The number of carbonyl (C=O) groups is 4. The van der Waals surface area contributed by atoms with Crippen molar-refractivity contribution in [1.82, 2.24) is 5.32 Å². The van der Waals surface area contributed by atoms with Gasteiger partial charge in [-0.3, -0.25) is 14.9 Å². The summed E-state index contributed by atoms with van der Waals surface area (Å²) in [6.07, 6.45) is 11.4. The summed E-state index contributed by atoms with van der Waals surface area (Å²) < 4.78 is 15.6. The number of ketones is 2. The molecule has 8 nitrogen and oxygen atoms in total. The van der Waals surface area contributed by atoms with Gasteiger partial charge in [-0.15, -0.1) is 0 Å². The van der Waals surface area contributed by atoms with Crippen LogP contribution in [0.5, 0.6) is 0 Å². The van der Waals surface area contributed by atoms with Crippen molar-refractivity contribution in [2.75, 3.05) is 13.7 Å². The summed E-state index contributed by atoms with van der Waals surface area (Å²) in [7, 11) is 1.54. The van der Waals surface area contributed by atoms with Gasteiger partial charge in [0.2, 0.25) is 0 Å². The molecule has 0 aromatic rings. The fourth-order valence-corrected chi connectivity index (χ4v) is 3.97. The molecule has 8 heteroatoms. The standard InChI is InChI=1S/C23H29NO7/c1-29-18-10-8-16-12-19(22(27)31-21(16)14-18)24-23(28)30-11-5-3-2-4-6-15-7-9-17(25)13-20(15)26/h8,10,12,14-16,21H,2-7,9,11,13H2,1H3,(H,24,28). The number of hydrogen-bond donors (Lipinski definition) is 1. The van der Waals surface area contributed by atoms with Gasteiger partial charge < -0.3 is 14.2 Å². The fraction of sp³-hybridized carbons (Fsp3) is 0.565. The third-order valence-corrected chi connectivity index (χ3v) is 5.76. The SMILES string of the molecule is COC1=CC2OC(=O)C(NC(=O)OCCCCCCC3CCC(=O)CC3=O)=CC2C=C1. The van der Waals surface area contributed by atoms with E-state index in [1.807, 2.05) is 6.08 Å². The largest absolute Gasteiger partial charge is 0.497 e. The monoisotopic (exact) mass is 431 g/mol. The molecule has 3 aliphatic rings. The van der Waals surface area contributed by atoms with E-state index in [1.165, 1.54) is 0 Å². The Morgan fingerprint density at radius 2 is 1.97 bits per heavy atom. The molecule has 1 N–H and O–H groups in total.